The molecule has 1 unspecified atom stereocenters. The van der Waals surface area contributed by atoms with Crippen molar-refractivity contribution in [1.82, 2.24) is 5.32 Å². The number of rotatable bonds is 10. The fourth-order valence-corrected chi connectivity index (χ4v) is 4.08. The highest BCUT2D eigenvalue weighted by Crippen LogP contribution is 2.28. The number of hydrogen-bond acceptors (Lipinski definition) is 4. The Bertz CT molecular complexity index is 1210. The van der Waals surface area contributed by atoms with Crippen LogP contribution in [0, 0.1) is 0 Å². The first-order valence-electron chi connectivity index (χ1n) is 10.5. The molecule has 0 aliphatic rings. The van der Waals surface area contributed by atoms with Gasteiger partial charge in [-0.25, -0.2) is 0 Å². The van der Waals surface area contributed by atoms with Crippen LogP contribution in [0.2, 0.25) is 0 Å². The summed E-state index contributed by atoms with van der Waals surface area (Å²) in [6.45, 7) is 0.140. The van der Waals surface area contributed by atoms with E-state index in [2.05, 4.69) is 37.2 Å². The molecular weight excluding hydrogens is 564 g/mol. The number of benzene rings is 3. The molecule has 0 aromatic heterocycles. The second kappa shape index (κ2) is 11.9. The highest BCUT2D eigenvalue weighted by atomic mass is 79.9. The van der Waals surface area contributed by atoms with E-state index in [1.54, 1.807) is 66.7 Å². The third-order valence-electron chi connectivity index (χ3n) is 5.21. The lowest BCUT2D eigenvalue weighted by Gasteiger charge is -2.17. The molecule has 0 spiro atoms. The van der Waals surface area contributed by atoms with Crippen molar-refractivity contribution in [2.45, 2.75) is 18.8 Å². The summed E-state index contributed by atoms with van der Waals surface area (Å²) >= 11 is 6.75. The zero-order chi connectivity index (χ0) is 24.7. The Morgan fingerprint density at radius 1 is 0.794 bits per heavy atom. The number of amides is 2. The molecule has 6 nitrogen and oxygen atoms in total. The van der Waals surface area contributed by atoms with Gasteiger partial charge in [0.2, 0.25) is 5.91 Å². The molecule has 0 saturated carbocycles. The van der Waals surface area contributed by atoms with Crippen LogP contribution in [0.5, 0.6) is 0 Å². The molecule has 0 aliphatic carbocycles. The molecular formula is C26H22Br2N2O4. The van der Waals surface area contributed by atoms with Crippen LogP contribution in [0.4, 0.5) is 0 Å². The maximum absolute atomic E-state index is 13.4. The average Bonchev–Trinajstić information content (AvgIpc) is 2.82. The van der Waals surface area contributed by atoms with Gasteiger partial charge >= 0.3 is 0 Å². The quantitative estimate of drug-likeness (QED) is 0.324. The fourth-order valence-electron chi connectivity index (χ4n) is 3.41. The van der Waals surface area contributed by atoms with Gasteiger partial charge in [-0.1, -0.05) is 68.3 Å². The van der Waals surface area contributed by atoms with E-state index in [1.165, 1.54) is 0 Å². The predicted molar refractivity (Wildman–Crippen MR) is 137 cm³/mol. The van der Waals surface area contributed by atoms with Crippen LogP contribution >= 0.6 is 31.9 Å². The van der Waals surface area contributed by atoms with Crippen molar-refractivity contribution < 1.29 is 19.2 Å². The van der Waals surface area contributed by atoms with E-state index in [1.807, 2.05) is 6.07 Å². The molecule has 174 valence electrons. The zero-order valence-corrected chi connectivity index (χ0v) is 21.3. The van der Waals surface area contributed by atoms with Crippen molar-refractivity contribution in [2.24, 2.45) is 5.73 Å². The first kappa shape index (κ1) is 25.5. The Labute approximate surface area is 214 Å². The van der Waals surface area contributed by atoms with Crippen molar-refractivity contribution in [3.05, 3.63) is 104 Å². The Hall–Kier alpha value is -3.10. The standard InChI is InChI=1S/C26H22Br2N2O4/c27-20-10-8-17(9-11-20)23(31)15-22(25(33)19-2-1-3-21(28)14-19)16-4-6-18(7-5-16)26(34)30-13-12-24(29)32/h1-11,14,22H,12-13,15H2,(H2,29,32)(H,30,34). The molecule has 0 radical (unpaired) electrons. The lowest BCUT2D eigenvalue weighted by molar-refractivity contribution is -0.117. The summed E-state index contributed by atoms with van der Waals surface area (Å²) in [6.07, 6.45) is 0.0301. The zero-order valence-electron chi connectivity index (χ0n) is 18.1. The second-order valence-corrected chi connectivity index (χ2v) is 9.49. The number of carbonyl (C=O) groups excluding carboxylic acids is 4. The lowest BCUT2D eigenvalue weighted by atomic mass is 9.85. The smallest absolute Gasteiger partial charge is 0.251 e. The van der Waals surface area contributed by atoms with Crippen molar-refractivity contribution in [1.29, 1.82) is 0 Å². The number of primary amides is 1. The van der Waals surface area contributed by atoms with Gasteiger partial charge < -0.3 is 11.1 Å². The topological polar surface area (TPSA) is 106 Å². The SMILES string of the molecule is NC(=O)CCNC(=O)c1ccc(C(CC(=O)c2ccc(Br)cc2)C(=O)c2cccc(Br)c2)cc1. The molecule has 0 aliphatic heterocycles. The Balaban J connectivity index is 1.86. The summed E-state index contributed by atoms with van der Waals surface area (Å²) in [6, 6.07) is 20.6. The summed E-state index contributed by atoms with van der Waals surface area (Å²) in [7, 11) is 0. The Morgan fingerprint density at radius 2 is 1.44 bits per heavy atom. The molecule has 3 aromatic carbocycles. The monoisotopic (exact) mass is 584 g/mol. The highest BCUT2D eigenvalue weighted by molar-refractivity contribution is 9.10. The van der Waals surface area contributed by atoms with Gasteiger partial charge in [0.25, 0.3) is 5.91 Å². The van der Waals surface area contributed by atoms with Crippen LogP contribution in [0.25, 0.3) is 0 Å². The van der Waals surface area contributed by atoms with Crippen molar-refractivity contribution in [2.75, 3.05) is 6.54 Å². The van der Waals surface area contributed by atoms with Crippen LogP contribution in [-0.2, 0) is 4.79 Å². The van der Waals surface area contributed by atoms with Crippen molar-refractivity contribution in [3.8, 4) is 0 Å². The van der Waals surface area contributed by atoms with Crippen LogP contribution < -0.4 is 11.1 Å². The summed E-state index contributed by atoms with van der Waals surface area (Å²) in [4.78, 5) is 49.6. The van der Waals surface area contributed by atoms with Crippen LogP contribution in [0.3, 0.4) is 0 Å². The fraction of sp³-hybridized carbons (Fsp3) is 0.154. The van der Waals surface area contributed by atoms with Crippen LogP contribution in [0.15, 0.2) is 81.7 Å². The van der Waals surface area contributed by atoms with Crippen LogP contribution in [-0.4, -0.2) is 29.9 Å². The normalized spacial score (nSPS) is 11.5. The van der Waals surface area contributed by atoms with Gasteiger partial charge in [0.15, 0.2) is 11.6 Å². The molecule has 34 heavy (non-hydrogen) atoms. The van der Waals surface area contributed by atoms with Crippen molar-refractivity contribution >= 4 is 55.2 Å². The molecule has 3 rings (SSSR count). The van der Waals surface area contributed by atoms with E-state index >= 15 is 0 Å². The summed E-state index contributed by atoms with van der Waals surface area (Å²) in [5.74, 6) is -1.93. The van der Waals surface area contributed by atoms with Gasteiger partial charge in [0, 0.05) is 45.0 Å². The Kier molecular flexibility index (Phi) is 8.90. The van der Waals surface area contributed by atoms with Crippen LogP contribution in [0.1, 0.15) is 55.4 Å². The molecule has 3 aromatic rings. The van der Waals surface area contributed by atoms with Gasteiger partial charge in [-0.05, 0) is 42.0 Å². The molecule has 0 heterocycles. The first-order valence-corrected chi connectivity index (χ1v) is 12.1. The highest BCUT2D eigenvalue weighted by Gasteiger charge is 2.26. The number of carbonyl (C=O) groups is 4. The summed E-state index contributed by atoms with van der Waals surface area (Å²) in [5, 5.41) is 2.62. The van der Waals surface area contributed by atoms with E-state index in [4.69, 9.17) is 5.73 Å². The van der Waals surface area contributed by atoms with E-state index in [0.29, 0.717) is 22.3 Å². The van der Waals surface area contributed by atoms with E-state index < -0.39 is 11.8 Å². The number of nitrogens with two attached hydrogens (primary N) is 1. The molecule has 0 fully saturated rings. The van der Waals surface area contributed by atoms with E-state index in [-0.39, 0.29) is 36.9 Å². The maximum Gasteiger partial charge on any atom is 0.251 e. The molecule has 0 saturated heterocycles. The number of hydrogen-bond donors (Lipinski definition) is 2. The van der Waals surface area contributed by atoms with E-state index in [0.717, 1.165) is 8.95 Å². The molecule has 2 amide bonds. The number of nitrogens with one attached hydrogen (secondary N) is 1. The molecule has 0 bridgehead atoms. The molecule has 3 N–H and O–H groups in total. The van der Waals surface area contributed by atoms with Gasteiger partial charge in [-0.15, -0.1) is 0 Å². The minimum Gasteiger partial charge on any atom is -0.370 e. The lowest BCUT2D eigenvalue weighted by Crippen LogP contribution is -2.27. The number of halogens is 2. The largest absolute Gasteiger partial charge is 0.370 e. The van der Waals surface area contributed by atoms with Gasteiger partial charge in [-0.2, -0.15) is 0 Å². The molecule has 8 heteroatoms. The second-order valence-electron chi connectivity index (χ2n) is 7.66. The maximum atomic E-state index is 13.4. The Morgan fingerprint density at radius 3 is 2.06 bits per heavy atom. The number of ketones is 2. The van der Waals surface area contributed by atoms with Gasteiger partial charge in [-0.3, -0.25) is 19.2 Å². The average molecular weight is 586 g/mol. The summed E-state index contributed by atoms with van der Waals surface area (Å²) < 4.78 is 1.62. The van der Waals surface area contributed by atoms with Gasteiger partial charge in [0.05, 0.1) is 5.92 Å². The predicted octanol–water partition coefficient (Wildman–Crippen LogP) is 5.06. The van der Waals surface area contributed by atoms with Crippen molar-refractivity contribution in [3.63, 3.8) is 0 Å². The minimum atomic E-state index is -0.725. The molecule has 1 atom stereocenters. The third kappa shape index (κ3) is 6.95. The first-order chi connectivity index (χ1) is 16.2. The minimum absolute atomic E-state index is 0.0167. The van der Waals surface area contributed by atoms with E-state index in [9.17, 15) is 19.2 Å². The van der Waals surface area contributed by atoms with Gasteiger partial charge in [0.1, 0.15) is 0 Å². The number of Topliss-reactive ketones (excluding diaryl/α,β-unsaturated/α-hetero) is 2. The third-order valence-corrected chi connectivity index (χ3v) is 6.24. The summed E-state index contributed by atoms with van der Waals surface area (Å²) in [5.41, 5.74) is 7.09.